The molecular formula is C9H6N4O3S. The standard InChI is InChI=1S/C9H6N4O3S/c14-7(12-9-13-10-4-17-9)5-2-1-3-6(11-5)8(15)16/h1-4H,(H,15,16)(H,12,13,14). The maximum Gasteiger partial charge on any atom is 0.354 e. The normalized spacial score (nSPS) is 9.88. The molecule has 2 rings (SSSR count). The third kappa shape index (κ3) is 2.61. The number of nitrogens with zero attached hydrogens (tertiary/aromatic N) is 3. The van der Waals surface area contributed by atoms with Gasteiger partial charge in [-0.05, 0) is 12.1 Å². The van der Waals surface area contributed by atoms with E-state index in [-0.39, 0.29) is 11.4 Å². The van der Waals surface area contributed by atoms with Gasteiger partial charge in [0.15, 0.2) is 0 Å². The van der Waals surface area contributed by atoms with Crippen molar-refractivity contribution in [2.45, 2.75) is 0 Å². The Morgan fingerprint density at radius 1 is 1.29 bits per heavy atom. The number of pyridine rings is 1. The van der Waals surface area contributed by atoms with Gasteiger partial charge in [-0.1, -0.05) is 17.4 Å². The van der Waals surface area contributed by atoms with Gasteiger partial charge in [-0.2, -0.15) is 0 Å². The Kier molecular flexibility index (Phi) is 3.06. The lowest BCUT2D eigenvalue weighted by Crippen LogP contribution is -2.15. The Morgan fingerprint density at radius 3 is 2.71 bits per heavy atom. The molecule has 0 aromatic carbocycles. The summed E-state index contributed by atoms with van der Waals surface area (Å²) in [6.07, 6.45) is 0. The second-order valence-corrected chi connectivity index (χ2v) is 3.74. The fourth-order valence-corrected chi connectivity index (χ4v) is 1.51. The van der Waals surface area contributed by atoms with Crippen LogP contribution in [0.4, 0.5) is 5.13 Å². The van der Waals surface area contributed by atoms with Crippen molar-refractivity contribution in [2.24, 2.45) is 0 Å². The van der Waals surface area contributed by atoms with Crippen molar-refractivity contribution >= 4 is 28.3 Å². The van der Waals surface area contributed by atoms with Gasteiger partial charge in [-0.15, -0.1) is 10.2 Å². The molecule has 0 spiro atoms. The number of rotatable bonds is 3. The van der Waals surface area contributed by atoms with Gasteiger partial charge in [0.2, 0.25) is 5.13 Å². The van der Waals surface area contributed by atoms with E-state index < -0.39 is 11.9 Å². The van der Waals surface area contributed by atoms with Crippen LogP contribution in [0.25, 0.3) is 0 Å². The highest BCUT2D eigenvalue weighted by molar-refractivity contribution is 7.13. The Labute approximate surface area is 99.2 Å². The first-order valence-corrected chi connectivity index (χ1v) is 5.32. The molecule has 0 bridgehead atoms. The monoisotopic (exact) mass is 250 g/mol. The van der Waals surface area contributed by atoms with Crippen molar-refractivity contribution in [3.05, 3.63) is 35.1 Å². The summed E-state index contributed by atoms with van der Waals surface area (Å²) in [6.45, 7) is 0. The van der Waals surface area contributed by atoms with Crippen molar-refractivity contribution in [1.82, 2.24) is 15.2 Å². The van der Waals surface area contributed by atoms with Crippen LogP contribution in [0.5, 0.6) is 0 Å². The zero-order valence-corrected chi connectivity index (χ0v) is 9.14. The number of carboxylic acids is 1. The Morgan fingerprint density at radius 2 is 2.06 bits per heavy atom. The van der Waals surface area contributed by atoms with Gasteiger partial charge in [0.25, 0.3) is 5.91 Å². The van der Waals surface area contributed by atoms with E-state index in [0.29, 0.717) is 5.13 Å². The molecule has 2 aromatic rings. The molecule has 7 nitrogen and oxygen atoms in total. The summed E-state index contributed by atoms with van der Waals surface area (Å²) < 4.78 is 0. The summed E-state index contributed by atoms with van der Waals surface area (Å²) >= 11 is 1.16. The van der Waals surface area contributed by atoms with E-state index in [0.717, 1.165) is 11.3 Å². The Hall–Kier alpha value is -2.35. The number of anilines is 1. The first-order valence-electron chi connectivity index (χ1n) is 4.44. The molecule has 2 N–H and O–H groups in total. The van der Waals surface area contributed by atoms with Gasteiger partial charge in [0, 0.05) is 0 Å². The largest absolute Gasteiger partial charge is 0.477 e. The predicted octanol–water partition coefficient (Wildman–Crippen LogP) is 0.884. The number of aromatic nitrogens is 3. The SMILES string of the molecule is O=C(O)c1cccc(C(=O)Nc2nncs2)n1. The minimum absolute atomic E-state index is 0.0140. The van der Waals surface area contributed by atoms with E-state index in [4.69, 9.17) is 5.11 Å². The van der Waals surface area contributed by atoms with Crippen molar-refractivity contribution in [3.8, 4) is 0 Å². The summed E-state index contributed by atoms with van der Waals surface area (Å²) in [5, 5.41) is 18.7. The van der Waals surface area contributed by atoms with Crippen molar-refractivity contribution in [1.29, 1.82) is 0 Å². The first-order chi connectivity index (χ1) is 8.16. The van der Waals surface area contributed by atoms with E-state index in [1.807, 2.05) is 0 Å². The summed E-state index contributed by atoms with van der Waals surface area (Å²) in [7, 11) is 0. The van der Waals surface area contributed by atoms with E-state index >= 15 is 0 Å². The molecule has 0 atom stereocenters. The third-order valence-electron chi connectivity index (χ3n) is 1.78. The number of hydrogen-bond donors (Lipinski definition) is 2. The summed E-state index contributed by atoms with van der Waals surface area (Å²) in [5.41, 5.74) is 1.30. The number of aromatic carboxylic acids is 1. The maximum atomic E-state index is 11.7. The highest BCUT2D eigenvalue weighted by Crippen LogP contribution is 2.09. The van der Waals surface area contributed by atoms with E-state index in [1.165, 1.54) is 23.7 Å². The van der Waals surface area contributed by atoms with Gasteiger partial charge in [0.1, 0.15) is 16.9 Å². The second-order valence-electron chi connectivity index (χ2n) is 2.91. The van der Waals surface area contributed by atoms with Crippen LogP contribution >= 0.6 is 11.3 Å². The van der Waals surface area contributed by atoms with Crippen LogP contribution in [0.2, 0.25) is 0 Å². The number of amides is 1. The van der Waals surface area contributed by atoms with Crippen LogP contribution in [-0.4, -0.2) is 32.2 Å². The van der Waals surface area contributed by atoms with Gasteiger partial charge in [-0.25, -0.2) is 9.78 Å². The molecule has 0 saturated heterocycles. The van der Waals surface area contributed by atoms with Crippen molar-refractivity contribution in [3.63, 3.8) is 0 Å². The van der Waals surface area contributed by atoms with Crippen LogP contribution in [0.3, 0.4) is 0 Å². The van der Waals surface area contributed by atoms with Crippen LogP contribution in [0, 0.1) is 0 Å². The minimum Gasteiger partial charge on any atom is -0.477 e. The number of hydrogen-bond acceptors (Lipinski definition) is 6. The van der Waals surface area contributed by atoms with Crippen molar-refractivity contribution < 1.29 is 14.7 Å². The van der Waals surface area contributed by atoms with Gasteiger partial charge >= 0.3 is 5.97 Å². The molecule has 0 saturated carbocycles. The minimum atomic E-state index is -1.18. The Balaban J connectivity index is 2.19. The maximum absolute atomic E-state index is 11.7. The topological polar surface area (TPSA) is 105 Å². The quantitative estimate of drug-likeness (QED) is 0.837. The van der Waals surface area contributed by atoms with E-state index in [2.05, 4.69) is 20.5 Å². The van der Waals surface area contributed by atoms with Crippen LogP contribution in [-0.2, 0) is 0 Å². The van der Waals surface area contributed by atoms with E-state index in [1.54, 1.807) is 0 Å². The summed E-state index contributed by atoms with van der Waals surface area (Å²) in [5.74, 6) is -1.71. The molecule has 0 aliphatic carbocycles. The predicted molar refractivity (Wildman–Crippen MR) is 59.1 cm³/mol. The van der Waals surface area contributed by atoms with Gasteiger partial charge in [-0.3, -0.25) is 10.1 Å². The molecule has 86 valence electrons. The average Bonchev–Trinajstić information content (AvgIpc) is 2.82. The molecule has 0 aliphatic heterocycles. The molecule has 2 aromatic heterocycles. The first kappa shape index (κ1) is 11.1. The molecule has 0 fully saturated rings. The molecular weight excluding hydrogens is 244 g/mol. The zero-order chi connectivity index (χ0) is 12.3. The van der Waals surface area contributed by atoms with Crippen LogP contribution in [0.1, 0.15) is 21.0 Å². The third-order valence-corrected chi connectivity index (χ3v) is 2.39. The highest BCUT2D eigenvalue weighted by Gasteiger charge is 2.12. The molecule has 2 heterocycles. The highest BCUT2D eigenvalue weighted by atomic mass is 32.1. The van der Waals surface area contributed by atoms with Crippen LogP contribution < -0.4 is 5.32 Å². The number of carbonyl (C=O) groups excluding carboxylic acids is 1. The lowest BCUT2D eigenvalue weighted by Gasteiger charge is -2.01. The van der Waals surface area contributed by atoms with Crippen molar-refractivity contribution in [2.75, 3.05) is 5.32 Å². The molecule has 0 unspecified atom stereocenters. The molecule has 0 radical (unpaired) electrons. The average molecular weight is 250 g/mol. The summed E-state index contributed by atoms with van der Waals surface area (Å²) in [4.78, 5) is 26.0. The zero-order valence-electron chi connectivity index (χ0n) is 8.32. The second kappa shape index (κ2) is 4.66. The number of carboxylic acid groups (broad SMARTS) is 1. The number of nitrogens with one attached hydrogen (secondary N) is 1. The van der Waals surface area contributed by atoms with Gasteiger partial charge < -0.3 is 5.11 Å². The molecule has 1 amide bonds. The lowest BCUT2D eigenvalue weighted by atomic mass is 10.3. The molecule has 0 aliphatic rings. The fourth-order valence-electron chi connectivity index (χ4n) is 1.07. The molecule has 8 heteroatoms. The fraction of sp³-hybridized carbons (Fsp3) is 0. The number of carbonyl (C=O) groups is 2. The van der Waals surface area contributed by atoms with Gasteiger partial charge in [0.05, 0.1) is 0 Å². The van der Waals surface area contributed by atoms with Crippen LogP contribution in [0.15, 0.2) is 23.7 Å². The summed E-state index contributed by atoms with van der Waals surface area (Å²) in [6, 6.07) is 4.18. The smallest absolute Gasteiger partial charge is 0.354 e. The Bertz CT molecular complexity index is 555. The lowest BCUT2D eigenvalue weighted by molar-refractivity contribution is 0.0690. The molecule has 17 heavy (non-hydrogen) atoms. The van der Waals surface area contributed by atoms with E-state index in [9.17, 15) is 9.59 Å².